The highest BCUT2D eigenvalue weighted by atomic mass is 16.2. The second kappa shape index (κ2) is 8.66. The standard InChI is InChI=1S/C23H32N4O2/c1-16(2)27-23(29)20-12-8-7-11-19(20)21(25-27)22(28)24-17-13-14-26(15-17)18-9-5-3-4-6-10-18/h7-8,11-12,16-18H,3-6,9-10,13-15H2,1-2H3,(H,24,28). The second-order valence-electron chi connectivity index (χ2n) is 8.84. The van der Waals surface area contributed by atoms with Crippen LogP contribution in [0.4, 0.5) is 0 Å². The van der Waals surface area contributed by atoms with Gasteiger partial charge in [-0.15, -0.1) is 0 Å². The summed E-state index contributed by atoms with van der Waals surface area (Å²) in [7, 11) is 0. The molecule has 6 nitrogen and oxygen atoms in total. The Morgan fingerprint density at radius 1 is 1.07 bits per heavy atom. The molecule has 1 N–H and O–H groups in total. The number of nitrogens with zero attached hydrogens (tertiary/aromatic N) is 3. The molecule has 2 aliphatic rings. The van der Waals surface area contributed by atoms with Gasteiger partial charge in [-0.1, -0.05) is 43.9 Å². The molecule has 0 bridgehead atoms. The van der Waals surface area contributed by atoms with Gasteiger partial charge in [0.25, 0.3) is 11.5 Å². The van der Waals surface area contributed by atoms with Crippen LogP contribution in [0.5, 0.6) is 0 Å². The van der Waals surface area contributed by atoms with Crippen LogP contribution < -0.4 is 10.9 Å². The molecule has 156 valence electrons. The van der Waals surface area contributed by atoms with Crippen molar-refractivity contribution in [2.45, 2.75) is 76.9 Å². The van der Waals surface area contributed by atoms with Crippen LogP contribution in [0, 0.1) is 0 Å². The molecule has 1 aromatic heterocycles. The molecular weight excluding hydrogens is 364 g/mol. The molecule has 1 saturated heterocycles. The fourth-order valence-electron chi connectivity index (χ4n) is 4.84. The van der Waals surface area contributed by atoms with Gasteiger partial charge in [-0.05, 0) is 39.2 Å². The topological polar surface area (TPSA) is 67.2 Å². The molecule has 1 aliphatic heterocycles. The summed E-state index contributed by atoms with van der Waals surface area (Å²) in [5, 5.41) is 8.82. The molecule has 2 fully saturated rings. The SMILES string of the molecule is CC(C)n1nc(C(=O)NC2CCN(C3CCCCCC3)C2)c2ccccc2c1=O. The van der Waals surface area contributed by atoms with Crippen LogP contribution in [0.15, 0.2) is 29.1 Å². The Balaban J connectivity index is 1.52. The van der Waals surface area contributed by atoms with Crippen molar-refractivity contribution in [2.75, 3.05) is 13.1 Å². The normalized spacial score (nSPS) is 21.6. The molecule has 6 heteroatoms. The molecule has 2 heterocycles. The number of nitrogens with one attached hydrogen (secondary N) is 1. The van der Waals surface area contributed by atoms with Gasteiger partial charge in [-0.2, -0.15) is 5.10 Å². The van der Waals surface area contributed by atoms with E-state index < -0.39 is 0 Å². The van der Waals surface area contributed by atoms with E-state index in [-0.39, 0.29) is 23.6 Å². The maximum absolute atomic E-state index is 13.1. The lowest BCUT2D eigenvalue weighted by Crippen LogP contribution is -2.41. The first kappa shape index (κ1) is 20.1. The highest BCUT2D eigenvalue weighted by molar-refractivity contribution is 6.04. The largest absolute Gasteiger partial charge is 0.347 e. The average Bonchev–Trinajstić information content (AvgIpc) is 3.00. The highest BCUT2D eigenvalue weighted by Gasteiger charge is 2.30. The molecule has 1 aromatic carbocycles. The van der Waals surface area contributed by atoms with Crippen molar-refractivity contribution in [3.05, 3.63) is 40.3 Å². The minimum Gasteiger partial charge on any atom is -0.347 e. The Kier molecular flexibility index (Phi) is 5.99. The summed E-state index contributed by atoms with van der Waals surface area (Å²) < 4.78 is 1.42. The van der Waals surface area contributed by atoms with Crippen LogP contribution in [0.2, 0.25) is 0 Å². The zero-order valence-corrected chi connectivity index (χ0v) is 17.6. The van der Waals surface area contributed by atoms with Crippen LogP contribution in [0.25, 0.3) is 10.8 Å². The van der Waals surface area contributed by atoms with Gasteiger partial charge in [0, 0.05) is 30.6 Å². The number of carbonyl (C=O) groups is 1. The van der Waals surface area contributed by atoms with Gasteiger partial charge in [-0.25, -0.2) is 4.68 Å². The first-order chi connectivity index (χ1) is 14.0. The summed E-state index contributed by atoms with van der Waals surface area (Å²) in [6.07, 6.45) is 8.90. The number of amides is 1. The van der Waals surface area contributed by atoms with E-state index in [1.807, 2.05) is 32.0 Å². The zero-order chi connectivity index (χ0) is 20.4. The third-order valence-corrected chi connectivity index (χ3v) is 6.43. The molecule has 1 aliphatic carbocycles. The fraction of sp³-hybridized carbons (Fsp3) is 0.609. The van der Waals surface area contributed by atoms with E-state index in [4.69, 9.17) is 0 Å². The Morgan fingerprint density at radius 3 is 2.45 bits per heavy atom. The lowest BCUT2D eigenvalue weighted by molar-refractivity contribution is 0.0929. The second-order valence-corrected chi connectivity index (χ2v) is 8.84. The van der Waals surface area contributed by atoms with Crippen LogP contribution >= 0.6 is 0 Å². The molecule has 1 amide bonds. The maximum Gasteiger partial charge on any atom is 0.274 e. The van der Waals surface area contributed by atoms with E-state index in [2.05, 4.69) is 15.3 Å². The summed E-state index contributed by atoms with van der Waals surface area (Å²) in [5.74, 6) is -0.177. The van der Waals surface area contributed by atoms with Crippen LogP contribution in [-0.2, 0) is 0 Å². The first-order valence-electron chi connectivity index (χ1n) is 11.1. The molecule has 29 heavy (non-hydrogen) atoms. The van der Waals surface area contributed by atoms with Crippen LogP contribution in [-0.4, -0.2) is 45.8 Å². The van der Waals surface area contributed by atoms with E-state index in [9.17, 15) is 9.59 Å². The molecule has 0 spiro atoms. The van der Waals surface area contributed by atoms with Crippen LogP contribution in [0.1, 0.15) is 75.3 Å². The number of rotatable bonds is 4. The Labute approximate surface area is 172 Å². The minimum atomic E-state index is -0.177. The number of aromatic nitrogens is 2. The average molecular weight is 397 g/mol. The number of hydrogen-bond acceptors (Lipinski definition) is 4. The van der Waals surface area contributed by atoms with Crippen molar-refractivity contribution < 1.29 is 4.79 Å². The van der Waals surface area contributed by atoms with Gasteiger partial charge in [0.15, 0.2) is 5.69 Å². The highest BCUT2D eigenvalue weighted by Crippen LogP contribution is 2.25. The molecule has 0 radical (unpaired) electrons. The van der Waals surface area contributed by atoms with E-state index >= 15 is 0 Å². The first-order valence-corrected chi connectivity index (χ1v) is 11.1. The molecule has 1 saturated carbocycles. The smallest absolute Gasteiger partial charge is 0.274 e. The summed E-state index contributed by atoms with van der Waals surface area (Å²) in [6, 6.07) is 7.98. The minimum absolute atomic E-state index is 0.101. The molecular formula is C23H32N4O2. The number of benzene rings is 1. The van der Waals surface area contributed by atoms with E-state index in [0.717, 1.165) is 19.5 Å². The van der Waals surface area contributed by atoms with Crippen molar-refractivity contribution in [3.63, 3.8) is 0 Å². The lowest BCUT2D eigenvalue weighted by Gasteiger charge is -2.26. The van der Waals surface area contributed by atoms with Crippen molar-refractivity contribution in [1.29, 1.82) is 0 Å². The van der Waals surface area contributed by atoms with Gasteiger partial charge in [-0.3, -0.25) is 14.5 Å². The van der Waals surface area contributed by atoms with E-state index in [0.29, 0.717) is 22.5 Å². The Morgan fingerprint density at radius 2 is 1.76 bits per heavy atom. The van der Waals surface area contributed by atoms with Gasteiger partial charge in [0.05, 0.1) is 11.4 Å². The van der Waals surface area contributed by atoms with Gasteiger partial charge in [0.1, 0.15) is 0 Å². The third kappa shape index (κ3) is 4.22. The van der Waals surface area contributed by atoms with Crippen molar-refractivity contribution in [1.82, 2.24) is 20.0 Å². The van der Waals surface area contributed by atoms with Crippen LogP contribution in [0.3, 0.4) is 0 Å². The van der Waals surface area contributed by atoms with Crippen molar-refractivity contribution in [2.24, 2.45) is 0 Å². The zero-order valence-electron chi connectivity index (χ0n) is 17.6. The number of carbonyl (C=O) groups excluding carboxylic acids is 1. The van der Waals surface area contributed by atoms with E-state index in [1.165, 1.54) is 43.2 Å². The van der Waals surface area contributed by atoms with Gasteiger partial charge >= 0.3 is 0 Å². The molecule has 4 rings (SSSR count). The monoisotopic (exact) mass is 396 g/mol. The molecule has 2 aromatic rings. The number of fused-ring (bicyclic) bond motifs is 1. The number of likely N-dealkylation sites (tertiary alicyclic amines) is 1. The summed E-state index contributed by atoms with van der Waals surface area (Å²) in [4.78, 5) is 28.4. The quantitative estimate of drug-likeness (QED) is 0.803. The molecule has 1 unspecified atom stereocenters. The Bertz CT molecular complexity index is 928. The van der Waals surface area contributed by atoms with E-state index in [1.54, 1.807) is 6.07 Å². The third-order valence-electron chi connectivity index (χ3n) is 6.43. The summed E-state index contributed by atoms with van der Waals surface area (Å²) in [5.41, 5.74) is 0.203. The summed E-state index contributed by atoms with van der Waals surface area (Å²) in [6.45, 7) is 5.78. The van der Waals surface area contributed by atoms with Gasteiger partial charge < -0.3 is 5.32 Å². The maximum atomic E-state index is 13.1. The molecule has 1 atom stereocenters. The summed E-state index contributed by atoms with van der Waals surface area (Å²) >= 11 is 0. The Hall–Kier alpha value is -2.21. The fourth-order valence-corrected chi connectivity index (χ4v) is 4.84. The van der Waals surface area contributed by atoms with Gasteiger partial charge in [0.2, 0.25) is 0 Å². The van der Waals surface area contributed by atoms with Crippen molar-refractivity contribution >= 4 is 16.7 Å². The predicted molar refractivity (Wildman–Crippen MR) is 115 cm³/mol. The lowest BCUT2D eigenvalue weighted by atomic mass is 10.1. The number of hydrogen-bond donors (Lipinski definition) is 1. The van der Waals surface area contributed by atoms with Crippen molar-refractivity contribution in [3.8, 4) is 0 Å². The predicted octanol–water partition coefficient (Wildman–Crippen LogP) is 3.50.